The van der Waals surface area contributed by atoms with Crippen LogP contribution >= 0.6 is 11.6 Å². The van der Waals surface area contributed by atoms with Crippen molar-refractivity contribution >= 4 is 17.3 Å². The second kappa shape index (κ2) is 6.71. The summed E-state index contributed by atoms with van der Waals surface area (Å²) in [6, 6.07) is 9.04. The molecule has 4 nitrogen and oxygen atoms in total. The normalized spacial score (nSPS) is 16.5. The van der Waals surface area contributed by atoms with Gasteiger partial charge in [0.15, 0.2) is 0 Å². The minimum absolute atomic E-state index is 0.625. The second-order valence-corrected chi connectivity index (χ2v) is 6.56. The Morgan fingerprint density at radius 3 is 2.73 bits per heavy atom. The summed E-state index contributed by atoms with van der Waals surface area (Å²) in [7, 11) is 2.20. The van der Waals surface area contributed by atoms with Gasteiger partial charge in [0.05, 0.1) is 0 Å². The second-order valence-electron chi connectivity index (χ2n) is 6.15. The molecule has 1 aliphatic rings. The lowest BCUT2D eigenvalue weighted by atomic mass is 10.0. The van der Waals surface area contributed by atoms with Crippen molar-refractivity contribution in [2.24, 2.45) is 0 Å². The predicted molar refractivity (Wildman–Crippen MR) is 91.5 cm³/mol. The molecule has 3 rings (SSSR count). The van der Waals surface area contributed by atoms with Crippen LogP contribution in [0.5, 0.6) is 0 Å². The van der Waals surface area contributed by atoms with Crippen LogP contribution in [0.15, 0.2) is 30.5 Å². The van der Waals surface area contributed by atoms with Crippen molar-refractivity contribution in [2.45, 2.75) is 32.4 Å². The van der Waals surface area contributed by atoms with Crippen molar-refractivity contribution in [1.82, 2.24) is 15.1 Å². The van der Waals surface area contributed by atoms with Crippen LogP contribution in [-0.4, -0.2) is 41.3 Å². The molecule has 0 atom stereocenters. The minimum Gasteiger partial charge on any atom is -0.371 e. The smallest absolute Gasteiger partial charge is 0.0492 e. The molecule has 1 N–H and O–H groups in total. The molecule has 1 aliphatic heterocycles. The number of halogens is 1. The van der Waals surface area contributed by atoms with Crippen LogP contribution in [0.2, 0.25) is 5.02 Å². The summed E-state index contributed by atoms with van der Waals surface area (Å²) in [4.78, 5) is 4.86. The Morgan fingerprint density at radius 1 is 1.32 bits per heavy atom. The van der Waals surface area contributed by atoms with Gasteiger partial charge >= 0.3 is 0 Å². The molecule has 0 amide bonds. The van der Waals surface area contributed by atoms with Gasteiger partial charge in [-0.3, -0.25) is 10.00 Å². The van der Waals surface area contributed by atoms with Crippen molar-refractivity contribution in [2.75, 3.05) is 25.0 Å². The van der Waals surface area contributed by atoms with Gasteiger partial charge in [-0.15, -0.1) is 0 Å². The van der Waals surface area contributed by atoms with E-state index < -0.39 is 0 Å². The van der Waals surface area contributed by atoms with Crippen LogP contribution in [0.3, 0.4) is 0 Å². The van der Waals surface area contributed by atoms with Gasteiger partial charge in [0.2, 0.25) is 0 Å². The van der Waals surface area contributed by atoms with E-state index in [0.29, 0.717) is 6.04 Å². The molecule has 1 fully saturated rings. The molecule has 118 valence electrons. The fourth-order valence-electron chi connectivity index (χ4n) is 3.11. The molecule has 1 saturated heterocycles. The highest BCUT2D eigenvalue weighted by Crippen LogP contribution is 2.26. The zero-order valence-corrected chi connectivity index (χ0v) is 14.0. The number of aromatic nitrogens is 2. The third kappa shape index (κ3) is 3.45. The molecule has 0 saturated carbocycles. The quantitative estimate of drug-likeness (QED) is 0.937. The van der Waals surface area contributed by atoms with Gasteiger partial charge in [0.1, 0.15) is 0 Å². The lowest BCUT2D eigenvalue weighted by molar-refractivity contribution is 0.198. The summed E-state index contributed by atoms with van der Waals surface area (Å²) in [5, 5.41) is 7.91. The minimum atomic E-state index is 0.625. The average Bonchev–Trinajstić information content (AvgIpc) is 3.03. The molecule has 0 spiro atoms. The van der Waals surface area contributed by atoms with E-state index in [1.165, 1.54) is 24.2 Å². The van der Waals surface area contributed by atoms with E-state index in [4.69, 9.17) is 11.6 Å². The van der Waals surface area contributed by atoms with Gasteiger partial charge in [0.25, 0.3) is 0 Å². The Hall–Kier alpha value is -1.52. The van der Waals surface area contributed by atoms with Crippen LogP contribution in [0.1, 0.15) is 24.1 Å². The van der Waals surface area contributed by atoms with E-state index in [1.807, 2.05) is 19.2 Å². The number of benzene rings is 1. The highest BCUT2D eigenvalue weighted by atomic mass is 35.5. The highest BCUT2D eigenvalue weighted by Gasteiger charge is 2.23. The third-order valence-electron chi connectivity index (χ3n) is 4.59. The Kier molecular flexibility index (Phi) is 4.69. The summed E-state index contributed by atoms with van der Waals surface area (Å²) in [5.74, 6) is 0. The summed E-state index contributed by atoms with van der Waals surface area (Å²) in [6.07, 6.45) is 4.17. The van der Waals surface area contributed by atoms with Gasteiger partial charge in [-0.05, 0) is 50.6 Å². The maximum atomic E-state index is 6.25. The first kappa shape index (κ1) is 15.4. The van der Waals surface area contributed by atoms with E-state index in [0.717, 1.165) is 30.2 Å². The first-order valence-corrected chi connectivity index (χ1v) is 8.21. The number of hydrogen-bond donors (Lipinski definition) is 1. The molecule has 1 aromatic heterocycles. The standard InChI is InChI=1S/C17H23ClN4/c1-13-3-4-16(11-17(13)18)22-9-6-15(7-10-22)21(2)12-14-5-8-19-20-14/h3-5,8,11,15H,6-7,9-10,12H2,1-2H3,(H,19,20). The fraction of sp³-hybridized carbons (Fsp3) is 0.471. The van der Waals surface area contributed by atoms with Crippen molar-refractivity contribution in [3.8, 4) is 0 Å². The average molecular weight is 319 g/mol. The van der Waals surface area contributed by atoms with Crippen molar-refractivity contribution in [3.63, 3.8) is 0 Å². The zero-order valence-electron chi connectivity index (χ0n) is 13.2. The van der Waals surface area contributed by atoms with Crippen molar-refractivity contribution in [3.05, 3.63) is 46.7 Å². The Morgan fingerprint density at radius 2 is 2.09 bits per heavy atom. The van der Waals surface area contributed by atoms with E-state index >= 15 is 0 Å². The lowest BCUT2D eigenvalue weighted by Crippen LogP contribution is -2.43. The summed E-state index contributed by atoms with van der Waals surface area (Å²) in [6.45, 7) is 5.14. The number of aryl methyl sites for hydroxylation is 1. The van der Waals surface area contributed by atoms with Crippen LogP contribution in [-0.2, 0) is 6.54 Å². The van der Waals surface area contributed by atoms with Gasteiger partial charge in [-0.1, -0.05) is 17.7 Å². The molecule has 2 aromatic rings. The molecule has 0 aliphatic carbocycles. The van der Waals surface area contributed by atoms with Crippen LogP contribution in [0.25, 0.3) is 0 Å². The summed E-state index contributed by atoms with van der Waals surface area (Å²) >= 11 is 6.25. The first-order chi connectivity index (χ1) is 10.6. The molecule has 0 bridgehead atoms. The number of anilines is 1. The highest BCUT2D eigenvalue weighted by molar-refractivity contribution is 6.31. The molecule has 1 aromatic carbocycles. The number of hydrogen-bond acceptors (Lipinski definition) is 3. The monoisotopic (exact) mass is 318 g/mol. The number of nitrogens with zero attached hydrogens (tertiary/aromatic N) is 3. The molecule has 0 unspecified atom stereocenters. The largest absolute Gasteiger partial charge is 0.371 e. The number of H-pyrrole nitrogens is 1. The molecular formula is C17H23ClN4. The third-order valence-corrected chi connectivity index (χ3v) is 4.99. The molecular weight excluding hydrogens is 296 g/mol. The number of piperidine rings is 1. The van der Waals surface area contributed by atoms with Gasteiger partial charge in [-0.2, -0.15) is 5.10 Å². The zero-order chi connectivity index (χ0) is 15.5. The van der Waals surface area contributed by atoms with Gasteiger partial charge in [-0.25, -0.2) is 0 Å². The van der Waals surface area contributed by atoms with E-state index in [2.05, 4.69) is 45.2 Å². The number of rotatable bonds is 4. The molecule has 2 heterocycles. The molecule has 5 heteroatoms. The summed E-state index contributed by atoms with van der Waals surface area (Å²) in [5.41, 5.74) is 3.56. The topological polar surface area (TPSA) is 35.2 Å². The van der Waals surface area contributed by atoms with Gasteiger partial charge in [0, 0.05) is 48.3 Å². The Balaban J connectivity index is 1.56. The predicted octanol–water partition coefficient (Wildman–Crippen LogP) is 3.47. The lowest BCUT2D eigenvalue weighted by Gasteiger charge is -2.37. The fourth-order valence-corrected chi connectivity index (χ4v) is 3.29. The van der Waals surface area contributed by atoms with E-state index in [1.54, 1.807) is 0 Å². The number of aromatic amines is 1. The van der Waals surface area contributed by atoms with Crippen LogP contribution in [0, 0.1) is 6.92 Å². The van der Waals surface area contributed by atoms with Crippen LogP contribution in [0.4, 0.5) is 5.69 Å². The first-order valence-electron chi connectivity index (χ1n) is 7.83. The molecule has 22 heavy (non-hydrogen) atoms. The Labute approximate surface area is 137 Å². The van der Waals surface area contributed by atoms with Gasteiger partial charge < -0.3 is 4.90 Å². The van der Waals surface area contributed by atoms with Crippen LogP contribution < -0.4 is 4.90 Å². The number of nitrogens with one attached hydrogen (secondary N) is 1. The SMILES string of the molecule is Cc1ccc(N2CCC(N(C)Cc3ccn[nH]3)CC2)cc1Cl. The van der Waals surface area contributed by atoms with Crippen molar-refractivity contribution < 1.29 is 0 Å². The van der Waals surface area contributed by atoms with Crippen molar-refractivity contribution in [1.29, 1.82) is 0 Å². The Bertz CT molecular complexity index is 603. The van der Waals surface area contributed by atoms with E-state index in [-0.39, 0.29) is 0 Å². The van der Waals surface area contributed by atoms with E-state index in [9.17, 15) is 0 Å². The summed E-state index contributed by atoms with van der Waals surface area (Å²) < 4.78 is 0. The maximum absolute atomic E-state index is 6.25. The molecule has 0 radical (unpaired) electrons. The maximum Gasteiger partial charge on any atom is 0.0492 e.